The summed E-state index contributed by atoms with van der Waals surface area (Å²) in [4.78, 5) is 54.6. The monoisotopic (exact) mass is 759 g/mol. The molecule has 4 amide bonds. The maximum Gasteiger partial charge on any atom is 0.272 e. The highest BCUT2D eigenvalue weighted by Gasteiger charge is 2.25. The van der Waals surface area contributed by atoms with E-state index in [9.17, 15) is 24.4 Å². The van der Waals surface area contributed by atoms with Gasteiger partial charge in [-0.1, -0.05) is 49.4 Å². The Morgan fingerprint density at radius 1 is 0.833 bits per heavy atom. The fourth-order valence-corrected chi connectivity index (χ4v) is 7.31. The van der Waals surface area contributed by atoms with Gasteiger partial charge in [-0.25, -0.2) is 0 Å². The van der Waals surface area contributed by atoms with Crippen LogP contribution in [0.25, 0.3) is 6.08 Å². The first-order valence-electron chi connectivity index (χ1n) is 16.7. The van der Waals surface area contributed by atoms with E-state index in [2.05, 4.69) is 27.3 Å². The van der Waals surface area contributed by atoms with Gasteiger partial charge >= 0.3 is 0 Å². The van der Waals surface area contributed by atoms with E-state index in [1.165, 1.54) is 32.1 Å². The molecule has 4 aromatic carbocycles. The van der Waals surface area contributed by atoms with Crippen molar-refractivity contribution in [2.24, 2.45) is 0 Å². The van der Waals surface area contributed by atoms with E-state index in [-0.39, 0.29) is 23.1 Å². The zero-order valence-corrected chi connectivity index (χ0v) is 31.5. The molecule has 1 aromatic heterocycles. The summed E-state index contributed by atoms with van der Waals surface area (Å²) in [6.45, 7) is 3.54. The zero-order valence-electron chi connectivity index (χ0n) is 29.9. The maximum atomic E-state index is 13.8. The summed E-state index contributed by atoms with van der Waals surface area (Å²) in [6.07, 6.45) is 1.95. The van der Waals surface area contributed by atoms with Gasteiger partial charge in [-0.05, 0) is 85.6 Å². The number of hydrogen-bond donors (Lipinski definition) is 4. The topological polar surface area (TPSA) is 159 Å². The number of anilines is 3. The number of hydrogen-bond acceptors (Lipinski definition) is 9. The number of carbonyl (C=O) groups is 4. The van der Waals surface area contributed by atoms with Gasteiger partial charge in [-0.3, -0.25) is 19.2 Å². The quantitative estimate of drug-likeness (QED) is 0.0653. The van der Waals surface area contributed by atoms with Crippen molar-refractivity contribution < 1.29 is 28.7 Å². The van der Waals surface area contributed by atoms with Gasteiger partial charge in [0.1, 0.15) is 28.3 Å². The molecule has 5 rings (SSSR count). The van der Waals surface area contributed by atoms with Crippen molar-refractivity contribution >= 4 is 69.2 Å². The lowest BCUT2D eigenvalue weighted by molar-refractivity contribution is -0.116. The number of nitriles is 1. The molecule has 1 unspecified atom stereocenters. The molecule has 0 bridgehead atoms. The molecule has 4 N–H and O–H groups in total. The molecule has 0 aliphatic carbocycles. The Hall–Kier alpha value is -6.36. The lowest BCUT2D eigenvalue weighted by Gasteiger charge is -2.16. The second kappa shape index (κ2) is 18.4. The minimum atomic E-state index is -0.597. The smallest absolute Gasteiger partial charge is 0.272 e. The number of amides is 4. The van der Waals surface area contributed by atoms with Gasteiger partial charge in [-0.15, -0.1) is 23.1 Å². The van der Waals surface area contributed by atoms with Gasteiger partial charge in [0.2, 0.25) is 5.91 Å². The summed E-state index contributed by atoms with van der Waals surface area (Å²) < 4.78 is 10.9. The summed E-state index contributed by atoms with van der Waals surface area (Å²) in [7, 11) is 3.02. The molecule has 274 valence electrons. The second-order valence-electron chi connectivity index (χ2n) is 11.7. The van der Waals surface area contributed by atoms with Gasteiger partial charge in [0.05, 0.1) is 29.9 Å². The first-order chi connectivity index (χ1) is 26.1. The van der Waals surface area contributed by atoms with E-state index in [1.807, 2.05) is 19.1 Å². The molecule has 0 radical (unpaired) electrons. The Kier molecular flexibility index (Phi) is 13.3. The van der Waals surface area contributed by atoms with Gasteiger partial charge < -0.3 is 30.7 Å². The fourth-order valence-electron chi connectivity index (χ4n) is 5.24. The molecule has 1 heterocycles. The average molecular weight is 760 g/mol. The fraction of sp³-hybridized carbons (Fsp3) is 0.146. The summed E-state index contributed by atoms with van der Waals surface area (Å²) >= 11 is 2.33. The first kappa shape index (κ1) is 38.9. The Morgan fingerprint density at radius 3 is 2.20 bits per heavy atom. The van der Waals surface area contributed by atoms with Crippen LogP contribution in [0.5, 0.6) is 11.5 Å². The van der Waals surface area contributed by atoms with Crippen molar-refractivity contribution in [2.45, 2.75) is 30.4 Å². The molecule has 0 aliphatic rings. The predicted molar refractivity (Wildman–Crippen MR) is 213 cm³/mol. The number of carbonyl (C=O) groups excluding carboxylic acids is 4. The lowest BCUT2D eigenvalue weighted by atomic mass is 10.1. The molecule has 54 heavy (non-hydrogen) atoms. The molecular weight excluding hydrogens is 723 g/mol. The number of benzene rings is 4. The average Bonchev–Trinajstić information content (AvgIpc) is 3.51. The van der Waals surface area contributed by atoms with Crippen molar-refractivity contribution in [3.63, 3.8) is 0 Å². The SMILES string of the molecule is CCC(Sc1cccc(NC(=O)/C(=C\c2cc(OC)ccc2OC)NC(=O)c2ccccc2)c1)C(=O)Nc1sc(C(=O)Nc2ccccc2)c(C)c1C#N. The van der Waals surface area contributed by atoms with Crippen LogP contribution in [0.15, 0.2) is 114 Å². The Labute approximate surface area is 321 Å². The number of thioether (sulfide) groups is 1. The molecule has 0 fully saturated rings. The Bertz CT molecular complexity index is 2230. The number of nitrogens with one attached hydrogen (secondary N) is 4. The minimum Gasteiger partial charge on any atom is -0.497 e. The second-order valence-corrected chi connectivity index (χ2v) is 14.0. The standard InChI is InChI=1S/C41H37N5O6S2/c1-5-35(39(49)46-41-32(24-42)25(2)36(54-41)40(50)43-28-15-10-7-11-16-28)53-31-18-12-17-29(23-31)44-38(48)33(45-37(47)26-13-8-6-9-14-26)22-27-21-30(51-3)19-20-34(27)52-4/h6-23,35H,5H2,1-4H3,(H,43,50)(H,44,48)(H,45,47)(H,46,49)/b33-22+. The van der Waals surface area contributed by atoms with Crippen LogP contribution in [0.3, 0.4) is 0 Å². The van der Waals surface area contributed by atoms with Gasteiger partial charge in [0.25, 0.3) is 17.7 Å². The van der Waals surface area contributed by atoms with Crippen molar-refractivity contribution in [1.82, 2.24) is 5.32 Å². The minimum absolute atomic E-state index is 0.0457. The normalized spacial score (nSPS) is 11.4. The third-order valence-corrected chi connectivity index (χ3v) is 10.6. The summed E-state index contributed by atoms with van der Waals surface area (Å²) in [6, 6.07) is 31.7. The van der Waals surface area contributed by atoms with Crippen LogP contribution >= 0.6 is 23.1 Å². The largest absolute Gasteiger partial charge is 0.497 e. The van der Waals surface area contributed by atoms with E-state index in [0.29, 0.717) is 60.8 Å². The third-order valence-electron chi connectivity index (χ3n) is 8.03. The third kappa shape index (κ3) is 9.74. The highest BCUT2D eigenvalue weighted by atomic mass is 32.2. The highest BCUT2D eigenvalue weighted by Crippen LogP contribution is 2.35. The molecule has 11 nitrogen and oxygen atoms in total. The number of methoxy groups -OCH3 is 2. The van der Waals surface area contributed by atoms with Gasteiger partial charge in [0.15, 0.2) is 0 Å². The van der Waals surface area contributed by atoms with Crippen LogP contribution in [0.1, 0.15) is 50.1 Å². The highest BCUT2D eigenvalue weighted by molar-refractivity contribution is 8.00. The van der Waals surface area contributed by atoms with E-state index in [0.717, 1.165) is 11.3 Å². The van der Waals surface area contributed by atoms with Crippen molar-refractivity contribution in [1.29, 1.82) is 5.26 Å². The van der Waals surface area contributed by atoms with Crippen LogP contribution in [0.4, 0.5) is 16.4 Å². The van der Waals surface area contributed by atoms with Crippen LogP contribution < -0.4 is 30.7 Å². The van der Waals surface area contributed by atoms with E-state index < -0.39 is 17.1 Å². The van der Waals surface area contributed by atoms with Crippen LogP contribution in [-0.2, 0) is 9.59 Å². The first-order valence-corrected chi connectivity index (χ1v) is 18.4. The summed E-state index contributed by atoms with van der Waals surface area (Å²) in [5.41, 5.74) is 2.56. The summed E-state index contributed by atoms with van der Waals surface area (Å²) in [5.74, 6) is -0.803. The van der Waals surface area contributed by atoms with Crippen molar-refractivity contribution in [3.05, 3.63) is 136 Å². The molecule has 0 spiro atoms. The molecular formula is C41H37N5O6S2. The van der Waals surface area contributed by atoms with Crippen molar-refractivity contribution in [2.75, 3.05) is 30.2 Å². The number of nitrogens with zero attached hydrogens (tertiary/aromatic N) is 1. The van der Waals surface area contributed by atoms with Crippen LogP contribution in [0.2, 0.25) is 0 Å². The maximum absolute atomic E-state index is 13.8. The molecule has 0 saturated heterocycles. The zero-order chi connectivity index (χ0) is 38.6. The van der Waals surface area contributed by atoms with Gasteiger partial charge in [0, 0.05) is 27.4 Å². The van der Waals surface area contributed by atoms with E-state index >= 15 is 0 Å². The lowest BCUT2D eigenvalue weighted by Crippen LogP contribution is -2.30. The predicted octanol–water partition coefficient (Wildman–Crippen LogP) is 8.12. The van der Waals surface area contributed by atoms with Gasteiger partial charge in [-0.2, -0.15) is 5.26 Å². The molecule has 1 atom stereocenters. The van der Waals surface area contributed by atoms with E-state index in [4.69, 9.17) is 9.47 Å². The van der Waals surface area contributed by atoms with Crippen molar-refractivity contribution in [3.8, 4) is 17.6 Å². The number of para-hydroxylation sites is 1. The summed E-state index contributed by atoms with van der Waals surface area (Å²) in [5, 5.41) is 20.9. The molecule has 0 aliphatic heterocycles. The Morgan fingerprint density at radius 2 is 1.54 bits per heavy atom. The Balaban J connectivity index is 1.33. The number of thiophene rings is 1. The molecule has 13 heteroatoms. The van der Waals surface area contributed by atoms with E-state index in [1.54, 1.807) is 97.9 Å². The number of rotatable bonds is 14. The molecule has 0 saturated carbocycles. The van der Waals surface area contributed by atoms with Crippen LogP contribution in [0, 0.1) is 18.3 Å². The van der Waals surface area contributed by atoms with Crippen LogP contribution in [-0.4, -0.2) is 43.1 Å². The number of ether oxygens (including phenoxy) is 2. The molecule has 5 aromatic rings.